The van der Waals surface area contributed by atoms with Gasteiger partial charge in [0.25, 0.3) is 0 Å². The molecule has 0 aromatic heterocycles. The molecule has 0 spiro atoms. The number of rotatable bonds is 10. The van der Waals surface area contributed by atoms with Crippen LogP contribution < -0.4 is 4.74 Å². The molecule has 1 aliphatic carbocycles. The van der Waals surface area contributed by atoms with Crippen molar-refractivity contribution in [2.24, 2.45) is 5.41 Å². The van der Waals surface area contributed by atoms with Crippen molar-refractivity contribution in [2.75, 3.05) is 19.4 Å². The molecular formula is C32H42FO4P. The van der Waals surface area contributed by atoms with Gasteiger partial charge in [0.1, 0.15) is 23.9 Å². The first-order chi connectivity index (χ1) is 18.0. The van der Waals surface area contributed by atoms with Crippen molar-refractivity contribution in [3.8, 4) is 22.6 Å². The van der Waals surface area contributed by atoms with Gasteiger partial charge in [-0.3, -0.25) is 4.57 Å². The molecule has 6 heteroatoms. The lowest BCUT2D eigenvalue weighted by atomic mass is 9.84. The summed E-state index contributed by atoms with van der Waals surface area (Å²) < 4.78 is 38.4. The number of aromatic hydroxyl groups is 1. The molecule has 3 aromatic rings. The zero-order valence-electron chi connectivity index (χ0n) is 23.4. The third-order valence-corrected chi connectivity index (χ3v) is 7.84. The second-order valence-corrected chi connectivity index (χ2v) is 14.0. The van der Waals surface area contributed by atoms with Gasteiger partial charge < -0.3 is 14.4 Å². The van der Waals surface area contributed by atoms with E-state index in [-0.39, 0.29) is 17.0 Å². The van der Waals surface area contributed by atoms with Crippen LogP contribution in [0.3, 0.4) is 0 Å². The van der Waals surface area contributed by atoms with E-state index in [0.29, 0.717) is 31.4 Å². The second-order valence-electron chi connectivity index (χ2n) is 11.3. The molecule has 1 unspecified atom stereocenters. The Bertz CT molecular complexity index is 1240. The maximum Gasteiger partial charge on any atom is 0.200 e. The minimum absolute atomic E-state index is 0.00390. The molecule has 0 bridgehead atoms. The van der Waals surface area contributed by atoms with Crippen LogP contribution in [0.15, 0.2) is 60.7 Å². The molecule has 206 valence electrons. The lowest BCUT2D eigenvalue weighted by molar-refractivity contribution is 0.305. The molecule has 0 amide bonds. The number of ether oxygens (including phenoxy) is 1. The quantitative estimate of drug-likeness (QED) is 0.261. The number of aryl methyl sites for hydroxylation is 1. The largest absolute Gasteiger partial charge is 0.508 e. The highest BCUT2D eigenvalue weighted by Gasteiger charge is 2.18. The number of halogens is 1. The molecule has 3 aromatic carbocycles. The van der Waals surface area contributed by atoms with Gasteiger partial charge in [-0.2, -0.15) is 0 Å². The molecule has 1 saturated carbocycles. The van der Waals surface area contributed by atoms with Crippen LogP contribution in [0.1, 0.15) is 63.6 Å². The zero-order chi connectivity index (χ0) is 27.8. The van der Waals surface area contributed by atoms with E-state index in [1.807, 2.05) is 43.3 Å². The lowest BCUT2D eigenvalue weighted by Crippen LogP contribution is -2.11. The van der Waals surface area contributed by atoms with Gasteiger partial charge in [-0.25, -0.2) is 4.39 Å². The molecule has 0 heterocycles. The van der Waals surface area contributed by atoms with Crippen LogP contribution >= 0.6 is 7.37 Å². The average Bonchev–Trinajstić information content (AvgIpc) is 3.72. The number of benzene rings is 3. The molecule has 1 atom stereocenters. The minimum atomic E-state index is -2.58. The van der Waals surface area contributed by atoms with Crippen LogP contribution in [0, 0.1) is 11.2 Å². The monoisotopic (exact) mass is 540 g/mol. The van der Waals surface area contributed by atoms with Crippen molar-refractivity contribution in [3.63, 3.8) is 0 Å². The Morgan fingerprint density at radius 3 is 2.34 bits per heavy atom. The summed E-state index contributed by atoms with van der Waals surface area (Å²) in [5.74, 6) is 0.418. The third kappa shape index (κ3) is 10.3. The molecular weight excluding hydrogens is 498 g/mol. The van der Waals surface area contributed by atoms with Crippen LogP contribution in [-0.2, 0) is 28.5 Å². The molecule has 0 saturated heterocycles. The van der Waals surface area contributed by atoms with Gasteiger partial charge in [-0.1, -0.05) is 70.4 Å². The van der Waals surface area contributed by atoms with Gasteiger partial charge in [0.15, 0.2) is 0 Å². The smallest absolute Gasteiger partial charge is 0.200 e. The Morgan fingerprint density at radius 1 is 0.947 bits per heavy atom. The van der Waals surface area contributed by atoms with Gasteiger partial charge in [0, 0.05) is 18.4 Å². The van der Waals surface area contributed by atoms with Crippen LogP contribution in [0.2, 0.25) is 0 Å². The van der Waals surface area contributed by atoms with Crippen LogP contribution in [0.4, 0.5) is 4.39 Å². The predicted molar refractivity (Wildman–Crippen MR) is 155 cm³/mol. The normalized spacial score (nSPS) is 14.3. The number of hydrogen-bond donors (Lipinski definition) is 1. The summed E-state index contributed by atoms with van der Waals surface area (Å²) in [6.07, 6.45) is 6.40. The Labute approximate surface area is 227 Å². The number of phenolic OH excluding ortho intramolecular Hbond substituents is 1. The van der Waals surface area contributed by atoms with Crippen molar-refractivity contribution in [2.45, 2.75) is 66.4 Å². The summed E-state index contributed by atoms with van der Waals surface area (Å²) in [4.78, 5) is 0. The summed E-state index contributed by atoms with van der Waals surface area (Å²) in [5, 5.41) is 9.91. The van der Waals surface area contributed by atoms with E-state index in [1.165, 1.54) is 37.5 Å². The van der Waals surface area contributed by atoms with Gasteiger partial charge in [0.05, 0.1) is 6.61 Å². The van der Waals surface area contributed by atoms with E-state index < -0.39 is 7.37 Å². The molecule has 0 aliphatic heterocycles. The summed E-state index contributed by atoms with van der Waals surface area (Å²) in [5.41, 5.74) is 4.20. The maximum atomic E-state index is 14.6. The van der Waals surface area contributed by atoms with E-state index in [2.05, 4.69) is 26.8 Å². The van der Waals surface area contributed by atoms with E-state index >= 15 is 0 Å². The average molecular weight is 541 g/mol. The second kappa shape index (κ2) is 13.4. The third-order valence-electron chi connectivity index (χ3n) is 6.00. The van der Waals surface area contributed by atoms with Crippen LogP contribution in [-0.4, -0.2) is 24.5 Å². The minimum Gasteiger partial charge on any atom is -0.508 e. The Kier molecular flexibility index (Phi) is 10.6. The highest BCUT2D eigenvalue weighted by Crippen LogP contribution is 2.42. The van der Waals surface area contributed by atoms with Crippen molar-refractivity contribution < 1.29 is 23.3 Å². The Morgan fingerprint density at radius 2 is 1.68 bits per heavy atom. The fourth-order valence-corrected chi connectivity index (χ4v) is 5.40. The van der Waals surface area contributed by atoms with E-state index in [9.17, 15) is 14.1 Å². The van der Waals surface area contributed by atoms with Gasteiger partial charge in [-0.15, -0.1) is 0 Å². The molecule has 4 rings (SSSR count). The van der Waals surface area contributed by atoms with Gasteiger partial charge >= 0.3 is 0 Å². The summed E-state index contributed by atoms with van der Waals surface area (Å²) in [6.45, 7) is 10.8. The summed E-state index contributed by atoms with van der Waals surface area (Å²) in [7, 11) is -2.58. The van der Waals surface area contributed by atoms with Crippen molar-refractivity contribution in [1.82, 2.24) is 0 Å². The SMILES string of the molecule is C1CC1.CCOP(C)(=O)CCc1cccc(OCc2ccc(-c3cc(O)ccc3F)c(CC(C)(C)C)c2)c1. The first-order valence-corrected chi connectivity index (χ1v) is 15.7. The number of hydrogen-bond acceptors (Lipinski definition) is 4. The van der Waals surface area contributed by atoms with Crippen molar-refractivity contribution in [1.29, 1.82) is 0 Å². The fraction of sp³-hybridized carbons (Fsp3) is 0.438. The zero-order valence-corrected chi connectivity index (χ0v) is 24.3. The Hall–Kier alpha value is -2.62. The van der Waals surface area contributed by atoms with Crippen molar-refractivity contribution in [3.05, 3.63) is 83.2 Å². The van der Waals surface area contributed by atoms with Gasteiger partial charge in [-0.05, 0) is 77.8 Å². The van der Waals surface area contributed by atoms with Crippen molar-refractivity contribution >= 4 is 7.37 Å². The lowest BCUT2D eigenvalue weighted by Gasteiger charge is -2.22. The summed E-state index contributed by atoms with van der Waals surface area (Å²) >= 11 is 0. The highest BCUT2D eigenvalue weighted by atomic mass is 31.2. The topological polar surface area (TPSA) is 55.8 Å². The van der Waals surface area contributed by atoms with E-state index in [1.54, 1.807) is 6.66 Å². The summed E-state index contributed by atoms with van der Waals surface area (Å²) in [6, 6.07) is 17.8. The maximum absolute atomic E-state index is 14.6. The molecule has 1 fully saturated rings. The molecule has 1 N–H and O–H groups in total. The number of phenols is 1. The Balaban J connectivity index is 0.00000124. The molecule has 4 nitrogen and oxygen atoms in total. The van der Waals surface area contributed by atoms with Crippen LogP contribution in [0.5, 0.6) is 11.5 Å². The molecule has 1 aliphatic rings. The standard InChI is InChI=1S/C29H36FO4P.C3H6/c1-6-34-35(5,32)15-14-21-8-7-9-25(17-21)33-20-22-10-12-26(23(16-22)19-29(2,3)4)27-18-24(31)11-13-28(27)30;1-2-3-1/h7-13,16-18,31H,6,14-15,19-20H2,1-5H3;1-3H2. The van der Waals surface area contributed by atoms with Gasteiger partial charge in [0.2, 0.25) is 7.37 Å². The first-order valence-electron chi connectivity index (χ1n) is 13.5. The van der Waals surface area contributed by atoms with E-state index in [0.717, 1.165) is 34.4 Å². The molecule has 0 radical (unpaired) electrons. The predicted octanol–water partition coefficient (Wildman–Crippen LogP) is 9.02. The fourth-order valence-electron chi connectivity index (χ4n) is 4.06. The highest BCUT2D eigenvalue weighted by molar-refractivity contribution is 7.58. The van der Waals surface area contributed by atoms with Crippen LogP contribution in [0.25, 0.3) is 11.1 Å². The molecule has 38 heavy (non-hydrogen) atoms. The first kappa shape index (κ1) is 29.9. The van der Waals surface area contributed by atoms with E-state index in [4.69, 9.17) is 9.26 Å².